The van der Waals surface area contributed by atoms with Gasteiger partial charge in [0, 0.05) is 6.07 Å². The molecule has 3 aromatic rings. The summed E-state index contributed by atoms with van der Waals surface area (Å²) in [5.74, 6) is -0.903. The normalized spacial score (nSPS) is 13.9. The number of benzene rings is 1. The smallest absolute Gasteiger partial charge is 0.416 e. The molecule has 0 saturated carbocycles. The third-order valence-electron chi connectivity index (χ3n) is 4.44. The van der Waals surface area contributed by atoms with Gasteiger partial charge in [0.1, 0.15) is 5.69 Å². The molecule has 0 fully saturated rings. The fourth-order valence-corrected chi connectivity index (χ4v) is 2.86. The van der Waals surface area contributed by atoms with E-state index in [1.165, 1.54) is 18.2 Å². The Kier molecular flexibility index (Phi) is 6.17. The van der Waals surface area contributed by atoms with Crippen LogP contribution in [0.2, 0.25) is 0 Å². The Balaban J connectivity index is 2.00. The van der Waals surface area contributed by atoms with Gasteiger partial charge in [-0.05, 0) is 24.5 Å². The summed E-state index contributed by atoms with van der Waals surface area (Å²) in [6.45, 7) is 1.51. The van der Waals surface area contributed by atoms with Crippen molar-refractivity contribution in [2.45, 2.75) is 44.6 Å². The molecule has 0 aliphatic carbocycles. The quantitative estimate of drug-likeness (QED) is 0.591. The van der Waals surface area contributed by atoms with E-state index in [1.54, 1.807) is 37.3 Å². The van der Waals surface area contributed by atoms with E-state index in [0.717, 1.165) is 0 Å². The van der Waals surface area contributed by atoms with Crippen LogP contribution in [0.5, 0.6) is 0 Å². The maximum absolute atomic E-state index is 14.3. The summed E-state index contributed by atoms with van der Waals surface area (Å²) in [4.78, 5) is 13.9. The molecule has 2 heterocycles. The summed E-state index contributed by atoms with van der Waals surface area (Å²) in [7, 11) is 0. The molecule has 0 radical (unpaired) electrons. The number of aromatic amines is 1. The lowest BCUT2D eigenvalue weighted by atomic mass is 9.95. The minimum Gasteiger partial charge on any atom is -0.416 e. The highest BCUT2D eigenvalue weighted by Gasteiger charge is 2.60. The van der Waals surface area contributed by atoms with E-state index in [2.05, 4.69) is 15.2 Å². The van der Waals surface area contributed by atoms with Crippen LogP contribution in [0.4, 0.5) is 13.2 Å². The van der Waals surface area contributed by atoms with Gasteiger partial charge in [-0.3, -0.25) is 4.79 Å². The molecule has 0 aliphatic rings. The first-order valence-electron chi connectivity index (χ1n) is 9.14. The predicted octanol–water partition coefficient (Wildman–Crippen LogP) is 4.59. The van der Waals surface area contributed by atoms with Crippen LogP contribution in [-0.2, 0) is 16.9 Å². The van der Waals surface area contributed by atoms with Crippen molar-refractivity contribution in [3.8, 4) is 11.6 Å². The summed E-state index contributed by atoms with van der Waals surface area (Å²) in [6, 6.07) is 12.7. The van der Waals surface area contributed by atoms with Crippen LogP contribution >= 0.6 is 0 Å². The van der Waals surface area contributed by atoms with Crippen molar-refractivity contribution < 1.29 is 22.3 Å². The van der Waals surface area contributed by atoms with Gasteiger partial charge in [0.05, 0.1) is 6.61 Å². The second kappa shape index (κ2) is 8.60. The Bertz CT molecular complexity index is 985. The fraction of sp³-hybridized carbons (Fsp3) is 0.350. The molecule has 1 aromatic carbocycles. The number of alkyl halides is 3. The van der Waals surface area contributed by atoms with Gasteiger partial charge in [0.15, 0.2) is 0 Å². The van der Waals surface area contributed by atoms with Crippen LogP contribution in [0.1, 0.15) is 37.6 Å². The summed E-state index contributed by atoms with van der Waals surface area (Å²) >= 11 is 0. The van der Waals surface area contributed by atoms with Gasteiger partial charge in [-0.1, -0.05) is 49.7 Å². The number of hydrogen-bond acceptors (Lipinski definition) is 5. The van der Waals surface area contributed by atoms with Gasteiger partial charge < -0.3 is 14.1 Å². The summed E-state index contributed by atoms with van der Waals surface area (Å²) in [6.07, 6.45) is -4.38. The number of rotatable bonds is 8. The van der Waals surface area contributed by atoms with Crippen molar-refractivity contribution >= 4 is 0 Å². The van der Waals surface area contributed by atoms with Crippen LogP contribution in [0.25, 0.3) is 11.6 Å². The Morgan fingerprint density at radius 3 is 2.48 bits per heavy atom. The van der Waals surface area contributed by atoms with Gasteiger partial charge >= 0.3 is 6.18 Å². The number of unbranched alkanes of at least 4 members (excludes halogenated alkanes) is 1. The zero-order valence-corrected chi connectivity index (χ0v) is 15.7. The first-order valence-corrected chi connectivity index (χ1v) is 9.14. The van der Waals surface area contributed by atoms with Gasteiger partial charge in [-0.15, -0.1) is 10.2 Å². The molecule has 1 atom stereocenters. The van der Waals surface area contributed by atoms with E-state index in [1.807, 2.05) is 0 Å². The highest BCUT2D eigenvalue weighted by atomic mass is 19.4. The molecular formula is C20H20F3N3O3. The molecule has 9 heteroatoms. The van der Waals surface area contributed by atoms with E-state index in [9.17, 15) is 18.0 Å². The van der Waals surface area contributed by atoms with E-state index in [0.29, 0.717) is 12.0 Å². The van der Waals surface area contributed by atoms with Crippen LogP contribution < -0.4 is 5.56 Å². The summed E-state index contributed by atoms with van der Waals surface area (Å²) in [5.41, 5.74) is -2.47. The number of pyridine rings is 1. The molecule has 3 rings (SSSR count). The maximum atomic E-state index is 14.3. The molecule has 2 aromatic heterocycles. The molecule has 1 unspecified atom stereocenters. The summed E-state index contributed by atoms with van der Waals surface area (Å²) in [5, 5.41) is 7.35. The number of halogens is 3. The standard InChI is InChI=1S/C20H20F3N3O3/c1-2-3-12-19(20(21,22)23,28-13-14-8-5-4-6-9-14)18-26-25-17(29-18)15-10-7-11-16(27)24-15/h4-11H,2-3,12-13H2,1H3,(H,24,27). The molecule has 1 N–H and O–H groups in total. The molecule has 0 spiro atoms. The van der Waals surface area contributed by atoms with Crippen LogP contribution in [0, 0.1) is 0 Å². The number of aromatic nitrogens is 3. The average Bonchev–Trinajstić information content (AvgIpc) is 3.19. The Hall–Kier alpha value is -2.94. The van der Waals surface area contributed by atoms with Gasteiger partial charge in [0.2, 0.25) is 11.2 Å². The van der Waals surface area contributed by atoms with E-state index in [4.69, 9.17) is 9.15 Å². The number of H-pyrrole nitrogens is 1. The summed E-state index contributed by atoms with van der Waals surface area (Å²) < 4.78 is 53.6. The molecule has 0 saturated heterocycles. The van der Waals surface area contributed by atoms with Crippen molar-refractivity contribution in [3.05, 3.63) is 70.3 Å². The van der Waals surface area contributed by atoms with Gasteiger partial charge in [0.25, 0.3) is 11.8 Å². The zero-order chi connectivity index (χ0) is 20.9. The van der Waals surface area contributed by atoms with Crippen molar-refractivity contribution in [1.82, 2.24) is 15.2 Å². The number of hydrogen-bond donors (Lipinski definition) is 1. The Labute approximate surface area is 164 Å². The molecule has 0 bridgehead atoms. The molecule has 6 nitrogen and oxygen atoms in total. The minimum absolute atomic E-state index is 0.130. The van der Waals surface area contributed by atoms with Crippen LogP contribution in [0.3, 0.4) is 0 Å². The topological polar surface area (TPSA) is 81.0 Å². The fourth-order valence-electron chi connectivity index (χ4n) is 2.86. The minimum atomic E-state index is -4.79. The number of nitrogens with zero attached hydrogens (tertiary/aromatic N) is 2. The molecule has 0 amide bonds. The predicted molar refractivity (Wildman–Crippen MR) is 98.8 cm³/mol. The first kappa shape index (κ1) is 20.8. The zero-order valence-electron chi connectivity index (χ0n) is 15.7. The van der Waals surface area contributed by atoms with Gasteiger partial charge in [-0.25, -0.2) is 0 Å². The lowest BCUT2D eigenvalue weighted by molar-refractivity contribution is -0.300. The number of nitrogens with one attached hydrogen (secondary N) is 1. The van der Waals surface area contributed by atoms with E-state index >= 15 is 0 Å². The van der Waals surface area contributed by atoms with Crippen molar-refractivity contribution in [1.29, 1.82) is 0 Å². The molecule has 0 aliphatic heterocycles. The SMILES string of the molecule is CCCCC(OCc1ccccc1)(c1nnc(-c2cccc(=O)[nH]2)o1)C(F)(F)F. The monoisotopic (exact) mass is 407 g/mol. The molecular weight excluding hydrogens is 387 g/mol. The maximum Gasteiger partial charge on any atom is 0.426 e. The Morgan fingerprint density at radius 2 is 1.83 bits per heavy atom. The lowest BCUT2D eigenvalue weighted by Crippen LogP contribution is -2.45. The average molecular weight is 407 g/mol. The Morgan fingerprint density at radius 1 is 1.07 bits per heavy atom. The van der Waals surface area contributed by atoms with Crippen molar-refractivity contribution in [2.24, 2.45) is 0 Å². The highest BCUT2D eigenvalue weighted by Crippen LogP contribution is 2.46. The molecule has 29 heavy (non-hydrogen) atoms. The molecule has 154 valence electrons. The third-order valence-corrected chi connectivity index (χ3v) is 4.44. The first-order chi connectivity index (χ1) is 13.9. The second-order valence-corrected chi connectivity index (χ2v) is 6.54. The van der Waals surface area contributed by atoms with Crippen molar-refractivity contribution in [2.75, 3.05) is 0 Å². The van der Waals surface area contributed by atoms with Crippen LogP contribution in [0.15, 0.2) is 57.7 Å². The van der Waals surface area contributed by atoms with Crippen molar-refractivity contribution in [3.63, 3.8) is 0 Å². The van der Waals surface area contributed by atoms with Crippen LogP contribution in [-0.4, -0.2) is 21.4 Å². The second-order valence-electron chi connectivity index (χ2n) is 6.54. The largest absolute Gasteiger partial charge is 0.426 e. The van der Waals surface area contributed by atoms with E-state index in [-0.39, 0.29) is 31.0 Å². The lowest BCUT2D eigenvalue weighted by Gasteiger charge is -2.32. The third kappa shape index (κ3) is 4.56. The number of ether oxygens (including phenoxy) is 1. The van der Waals surface area contributed by atoms with E-state index < -0.39 is 23.2 Å². The highest BCUT2D eigenvalue weighted by molar-refractivity contribution is 5.45. The van der Waals surface area contributed by atoms with Gasteiger partial charge in [-0.2, -0.15) is 13.2 Å².